The van der Waals surface area contributed by atoms with Crippen LogP contribution in [0.15, 0.2) is 53.1 Å². The number of hydrogen-bond acceptors (Lipinski definition) is 2. The molecule has 3 aliphatic rings. The lowest BCUT2D eigenvalue weighted by atomic mass is 9.78. The van der Waals surface area contributed by atoms with Crippen LogP contribution in [0.3, 0.4) is 0 Å². The van der Waals surface area contributed by atoms with E-state index in [-0.39, 0.29) is 0 Å². The third-order valence-electron chi connectivity index (χ3n) is 3.38. The van der Waals surface area contributed by atoms with Crippen LogP contribution in [0.4, 0.5) is 0 Å². The Bertz CT molecular complexity index is 424. The topological polar surface area (TPSA) is 24.4 Å². The minimum absolute atomic E-state index is 0.542. The number of fused-ring (bicyclic) bond motifs is 1. The molecule has 1 N–H and O–H groups in total. The Morgan fingerprint density at radius 1 is 1.25 bits per heavy atom. The van der Waals surface area contributed by atoms with Gasteiger partial charge < -0.3 is 5.32 Å². The minimum Gasteiger partial charge on any atom is -0.372 e. The molecule has 2 heteroatoms. The quantitative estimate of drug-likeness (QED) is 0.746. The number of nitrogens with one attached hydrogen (secondary N) is 1. The van der Waals surface area contributed by atoms with Gasteiger partial charge in [0.15, 0.2) is 0 Å². The third-order valence-corrected chi connectivity index (χ3v) is 3.38. The van der Waals surface area contributed by atoms with Crippen molar-refractivity contribution < 1.29 is 0 Å². The summed E-state index contributed by atoms with van der Waals surface area (Å²) in [6.45, 7) is 1.95. The first kappa shape index (κ1) is 9.64. The summed E-state index contributed by atoms with van der Waals surface area (Å²) in [5.74, 6) is 2.28. The zero-order valence-corrected chi connectivity index (χ0v) is 9.26. The van der Waals surface area contributed by atoms with Gasteiger partial charge in [0.25, 0.3) is 0 Å². The number of amidine groups is 1. The van der Waals surface area contributed by atoms with Crippen LogP contribution in [0.2, 0.25) is 0 Å². The summed E-state index contributed by atoms with van der Waals surface area (Å²) in [4.78, 5) is 4.48. The van der Waals surface area contributed by atoms with Crippen molar-refractivity contribution in [1.29, 1.82) is 0 Å². The van der Waals surface area contributed by atoms with Crippen molar-refractivity contribution in [2.45, 2.75) is 6.42 Å². The van der Waals surface area contributed by atoms with Crippen molar-refractivity contribution in [2.24, 2.45) is 16.8 Å². The summed E-state index contributed by atoms with van der Waals surface area (Å²) in [5.41, 5.74) is 1.42. The molecule has 1 aliphatic heterocycles. The summed E-state index contributed by atoms with van der Waals surface area (Å²) in [5, 5.41) is 3.35. The molecule has 2 atom stereocenters. The second-order valence-corrected chi connectivity index (χ2v) is 4.44. The standard InChI is InChI=1S/C14H16N2/c1-2-7-13-11(4-1)5-3-6-12(13)10-14-15-8-9-16-14/h1-7,12-13H,8-10H2,(H,15,16)/t12-,13-/m0/s1. The van der Waals surface area contributed by atoms with Crippen molar-refractivity contribution in [3.8, 4) is 0 Å². The third kappa shape index (κ3) is 1.75. The van der Waals surface area contributed by atoms with Crippen molar-refractivity contribution in [3.05, 3.63) is 48.1 Å². The number of allylic oxidation sites excluding steroid dienone is 8. The van der Waals surface area contributed by atoms with E-state index in [1.54, 1.807) is 0 Å². The van der Waals surface area contributed by atoms with Gasteiger partial charge in [-0.3, -0.25) is 4.99 Å². The second-order valence-electron chi connectivity index (χ2n) is 4.44. The van der Waals surface area contributed by atoms with Gasteiger partial charge in [-0.15, -0.1) is 0 Å². The lowest BCUT2D eigenvalue weighted by Crippen LogP contribution is -2.25. The van der Waals surface area contributed by atoms with E-state index in [1.165, 1.54) is 11.4 Å². The molecule has 0 bridgehead atoms. The lowest BCUT2D eigenvalue weighted by molar-refractivity contribution is 0.548. The molecule has 0 saturated carbocycles. The van der Waals surface area contributed by atoms with Gasteiger partial charge in [0.05, 0.1) is 12.4 Å². The fourth-order valence-corrected chi connectivity index (χ4v) is 2.56. The van der Waals surface area contributed by atoms with Gasteiger partial charge in [0, 0.05) is 18.9 Å². The molecule has 3 rings (SSSR count). The number of aliphatic imine (C=N–C) groups is 1. The molecule has 16 heavy (non-hydrogen) atoms. The van der Waals surface area contributed by atoms with Crippen LogP contribution in [0.1, 0.15) is 6.42 Å². The normalized spacial score (nSPS) is 30.8. The van der Waals surface area contributed by atoms with Crippen molar-refractivity contribution in [2.75, 3.05) is 13.1 Å². The Kier molecular flexibility index (Phi) is 2.49. The van der Waals surface area contributed by atoms with Crippen LogP contribution < -0.4 is 5.32 Å². The highest BCUT2D eigenvalue weighted by molar-refractivity contribution is 5.84. The summed E-state index contributed by atoms with van der Waals surface area (Å²) in [7, 11) is 0. The number of rotatable bonds is 2. The molecule has 1 heterocycles. The summed E-state index contributed by atoms with van der Waals surface area (Å²) in [6.07, 6.45) is 16.5. The van der Waals surface area contributed by atoms with Crippen molar-refractivity contribution in [1.82, 2.24) is 5.32 Å². The van der Waals surface area contributed by atoms with Gasteiger partial charge >= 0.3 is 0 Å². The van der Waals surface area contributed by atoms with Gasteiger partial charge in [-0.1, -0.05) is 42.5 Å². The maximum atomic E-state index is 4.48. The second kappa shape index (κ2) is 4.12. The molecule has 0 radical (unpaired) electrons. The smallest absolute Gasteiger partial charge is 0.0970 e. The zero-order valence-electron chi connectivity index (χ0n) is 9.26. The lowest BCUT2D eigenvalue weighted by Gasteiger charge is -2.27. The molecule has 2 nitrogen and oxygen atoms in total. The van der Waals surface area contributed by atoms with Crippen LogP contribution in [-0.4, -0.2) is 18.9 Å². The Hall–Kier alpha value is -1.57. The molecule has 2 aliphatic carbocycles. The summed E-state index contributed by atoms with van der Waals surface area (Å²) in [6, 6.07) is 0. The first-order valence-electron chi connectivity index (χ1n) is 5.94. The fourth-order valence-electron chi connectivity index (χ4n) is 2.56. The molecular formula is C14H16N2. The molecule has 0 amide bonds. The Morgan fingerprint density at radius 2 is 2.25 bits per heavy atom. The molecule has 0 spiro atoms. The summed E-state index contributed by atoms with van der Waals surface area (Å²) < 4.78 is 0. The van der Waals surface area contributed by atoms with Crippen LogP contribution in [-0.2, 0) is 0 Å². The Balaban J connectivity index is 1.76. The monoisotopic (exact) mass is 212 g/mol. The molecule has 0 unspecified atom stereocenters. The molecule has 0 aromatic carbocycles. The largest absolute Gasteiger partial charge is 0.372 e. The van der Waals surface area contributed by atoms with E-state index >= 15 is 0 Å². The summed E-state index contributed by atoms with van der Waals surface area (Å²) >= 11 is 0. The first-order chi connectivity index (χ1) is 7.93. The molecule has 82 valence electrons. The van der Waals surface area contributed by atoms with Gasteiger partial charge in [-0.2, -0.15) is 0 Å². The SMILES string of the molecule is C1=CC2=CC=C[C@@H](CC3=NCCN3)[C@H]2C=C1. The minimum atomic E-state index is 0.542. The van der Waals surface area contributed by atoms with Gasteiger partial charge in [0.2, 0.25) is 0 Å². The highest BCUT2D eigenvalue weighted by atomic mass is 15.1. The van der Waals surface area contributed by atoms with E-state index in [4.69, 9.17) is 0 Å². The number of nitrogens with zero attached hydrogens (tertiary/aromatic N) is 1. The molecule has 0 aromatic rings. The molecule has 0 aromatic heterocycles. The fraction of sp³-hybridized carbons (Fsp3) is 0.357. The van der Waals surface area contributed by atoms with E-state index < -0.39 is 0 Å². The van der Waals surface area contributed by atoms with Crippen molar-refractivity contribution in [3.63, 3.8) is 0 Å². The first-order valence-corrected chi connectivity index (χ1v) is 5.94. The van der Waals surface area contributed by atoms with Crippen molar-refractivity contribution >= 4 is 5.84 Å². The van der Waals surface area contributed by atoms with E-state index in [9.17, 15) is 0 Å². The predicted molar refractivity (Wildman–Crippen MR) is 67.4 cm³/mol. The maximum absolute atomic E-state index is 4.48. The molecular weight excluding hydrogens is 196 g/mol. The van der Waals surface area contributed by atoms with E-state index in [1.807, 2.05) is 0 Å². The van der Waals surface area contributed by atoms with Crippen LogP contribution in [0.25, 0.3) is 0 Å². The van der Waals surface area contributed by atoms with E-state index in [2.05, 4.69) is 52.8 Å². The maximum Gasteiger partial charge on any atom is 0.0970 e. The van der Waals surface area contributed by atoms with E-state index in [0.29, 0.717) is 11.8 Å². The Labute approximate surface area is 96.2 Å². The van der Waals surface area contributed by atoms with Crippen LogP contribution in [0.5, 0.6) is 0 Å². The van der Waals surface area contributed by atoms with Crippen LogP contribution in [0, 0.1) is 11.8 Å². The van der Waals surface area contributed by atoms with Crippen LogP contribution >= 0.6 is 0 Å². The van der Waals surface area contributed by atoms with E-state index in [0.717, 1.165) is 19.5 Å². The van der Waals surface area contributed by atoms with Gasteiger partial charge in [0.1, 0.15) is 0 Å². The molecule has 0 saturated heterocycles. The highest BCUT2D eigenvalue weighted by Gasteiger charge is 2.24. The van der Waals surface area contributed by atoms with Gasteiger partial charge in [-0.25, -0.2) is 0 Å². The predicted octanol–water partition coefficient (Wildman–Crippen LogP) is 2.23. The zero-order chi connectivity index (χ0) is 10.8. The average Bonchev–Trinajstić information content (AvgIpc) is 2.82. The average molecular weight is 212 g/mol. The molecule has 0 fully saturated rings. The Morgan fingerprint density at radius 3 is 3.12 bits per heavy atom. The van der Waals surface area contributed by atoms with Gasteiger partial charge in [-0.05, 0) is 11.5 Å². The number of hydrogen-bond donors (Lipinski definition) is 1. The highest BCUT2D eigenvalue weighted by Crippen LogP contribution is 2.33.